The molecule has 0 unspecified atom stereocenters. The van der Waals surface area contributed by atoms with E-state index in [-0.39, 0.29) is 0 Å². The third kappa shape index (κ3) is 4.00. The zero-order chi connectivity index (χ0) is 12.8. The van der Waals surface area contributed by atoms with Gasteiger partial charge >= 0.3 is 0 Å². The number of hydrazine groups is 1. The van der Waals surface area contributed by atoms with Crippen molar-refractivity contribution >= 4 is 0 Å². The van der Waals surface area contributed by atoms with Crippen molar-refractivity contribution in [1.82, 2.24) is 10.3 Å². The first-order chi connectivity index (χ1) is 8.08. The molecule has 0 aromatic heterocycles. The quantitative estimate of drug-likeness (QED) is 0.449. The van der Waals surface area contributed by atoms with E-state index in [2.05, 4.69) is 36.3 Å². The molecular weight excluding hydrogens is 214 g/mol. The molecule has 0 atom stereocenters. The zero-order valence-corrected chi connectivity index (χ0v) is 11.2. The average molecular weight is 237 g/mol. The lowest BCUT2D eigenvalue weighted by atomic mass is 10.00. The maximum absolute atomic E-state index is 5.38. The standard InChI is InChI=1S/C13H23N3O/c1-10(2)11-5-6-13(17-4)12(7-11)8-16(3)9-15-14/h5-7,10,15H,8-9,14H2,1-4H3. The topological polar surface area (TPSA) is 50.5 Å². The highest BCUT2D eigenvalue weighted by Gasteiger charge is 2.08. The lowest BCUT2D eigenvalue weighted by Gasteiger charge is -2.19. The molecule has 0 radical (unpaired) electrons. The van der Waals surface area contributed by atoms with Gasteiger partial charge in [-0.1, -0.05) is 26.0 Å². The fourth-order valence-corrected chi connectivity index (χ4v) is 1.78. The molecule has 0 aliphatic rings. The van der Waals surface area contributed by atoms with Crippen molar-refractivity contribution in [2.45, 2.75) is 26.3 Å². The van der Waals surface area contributed by atoms with Crippen LogP contribution in [0.15, 0.2) is 18.2 Å². The van der Waals surface area contributed by atoms with E-state index in [1.54, 1.807) is 7.11 Å². The van der Waals surface area contributed by atoms with E-state index in [4.69, 9.17) is 10.6 Å². The van der Waals surface area contributed by atoms with Crippen LogP contribution < -0.4 is 16.0 Å². The molecule has 17 heavy (non-hydrogen) atoms. The van der Waals surface area contributed by atoms with E-state index in [0.717, 1.165) is 12.3 Å². The summed E-state index contributed by atoms with van der Waals surface area (Å²) in [6.07, 6.45) is 0. The summed E-state index contributed by atoms with van der Waals surface area (Å²) in [6.45, 7) is 5.84. The Hall–Kier alpha value is -1.10. The van der Waals surface area contributed by atoms with Gasteiger partial charge in [0.25, 0.3) is 0 Å². The van der Waals surface area contributed by atoms with E-state index in [9.17, 15) is 0 Å². The number of nitrogens with one attached hydrogen (secondary N) is 1. The minimum Gasteiger partial charge on any atom is -0.496 e. The fourth-order valence-electron chi connectivity index (χ4n) is 1.78. The third-order valence-corrected chi connectivity index (χ3v) is 2.77. The predicted octanol–water partition coefficient (Wildman–Crippen LogP) is 1.67. The van der Waals surface area contributed by atoms with Gasteiger partial charge in [-0.25, -0.2) is 5.43 Å². The number of rotatable bonds is 6. The van der Waals surface area contributed by atoms with Gasteiger partial charge in [-0.3, -0.25) is 10.7 Å². The number of hydrogen-bond donors (Lipinski definition) is 2. The molecule has 0 spiro atoms. The molecule has 0 saturated carbocycles. The summed E-state index contributed by atoms with van der Waals surface area (Å²) < 4.78 is 5.38. The molecular formula is C13H23N3O. The second-order valence-electron chi connectivity index (χ2n) is 4.60. The fraction of sp³-hybridized carbons (Fsp3) is 0.538. The highest BCUT2D eigenvalue weighted by atomic mass is 16.5. The van der Waals surface area contributed by atoms with Gasteiger partial charge in [0, 0.05) is 12.1 Å². The molecule has 1 aromatic carbocycles. The Morgan fingerprint density at radius 3 is 2.65 bits per heavy atom. The van der Waals surface area contributed by atoms with Crippen LogP contribution in [0.5, 0.6) is 5.75 Å². The molecule has 3 N–H and O–H groups in total. The van der Waals surface area contributed by atoms with E-state index in [0.29, 0.717) is 12.6 Å². The first-order valence-corrected chi connectivity index (χ1v) is 5.87. The molecule has 0 fully saturated rings. The smallest absolute Gasteiger partial charge is 0.123 e. The van der Waals surface area contributed by atoms with Gasteiger partial charge < -0.3 is 4.74 Å². The second kappa shape index (κ2) is 6.59. The number of methoxy groups -OCH3 is 1. The Morgan fingerprint density at radius 1 is 1.41 bits per heavy atom. The summed E-state index contributed by atoms with van der Waals surface area (Å²) in [6, 6.07) is 6.36. The van der Waals surface area contributed by atoms with Crippen LogP contribution in [0, 0.1) is 0 Å². The monoisotopic (exact) mass is 237 g/mol. The van der Waals surface area contributed by atoms with Gasteiger partial charge in [-0.2, -0.15) is 0 Å². The zero-order valence-electron chi connectivity index (χ0n) is 11.2. The van der Waals surface area contributed by atoms with Crippen molar-refractivity contribution in [2.24, 2.45) is 5.84 Å². The van der Waals surface area contributed by atoms with Crippen molar-refractivity contribution in [3.63, 3.8) is 0 Å². The molecule has 96 valence electrons. The van der Waals surface area contributed by atoms with Gasteiger partial charge in [0.15, 0.2) is 0 Å². The normalized spacial score (nSPS) is 11.2. The molecule has 1 rings (SSSR count). The van der Waals surface area contributed by atoms with E-state index < -0.39 is 0 Å². The van der Waals surface area contributed by atoms with Crippen LogP contribution in [0.4, 0.5) is 0 Å². The highest BCUT2D eigenvalue weighted by Crippen LogP contribution is 2.24. The lowest BCUT2D eigenvalue weighted by Crippen LogP contribution is -2.35. The number of hydrogen-bond acceptors (Lipinski definition) is 4. The van der Waals surface area contributed by atoms with E-state index in [1.807, 2.05) is 13.1 Å². The lowest BCUT2D eigenvalue weighted by molar-refractivity contribution is 0.295. The largest absolute Gasteiger partial charge is 0.496 e. The van der Waals surface area contributed by atoms with Crippen LogP contribution in [0.25, 0.3) is 0 Å². The maximum atomic E-state index is 5.38. The Labute approximate surface area is 104 Å². The van der Waals surface area contributed by atoms with Crippen LogP contribution in [0.3, 0.4) is 0 Å². The Balaban J connectivity index is 2.89. The van der Waals surface area contributed by atoms with Crippen molar-refractivity contribution in [2.75, 3.05) is 20.8 Å². The van der Waals surface area contributed by atoms with Crippen LogP contribution in [-0.4, -0.2) is 25.7 Å². The van der Waals surface area contributed by atoms with Crippen LogP contribution in [-0.2, 0) is 6.54 Å². The molecule has 4 heteroatoms. The van der Waals surface area contributed by atoms with Crippen molar-refractivity contribution in [3.8, 4) is 5.75 Å². The number of ether oxygens (including phenoxy) is 1. The van der Waals surface area contributed by atoms with Crippen LogP contribution in [0.1, 0.15) is 30.9 Å². The van der Waals surface area contributed by atoms with Gasteiger partial charge in [-0.05, 0) is 24.6 Å². The van der Waals surface area contributed by atoms with Crippen molar-refractivity contribution in [1.29, 1.82) is 0 Å². The van der Waals surface area contributed by atoms with Crippen LogP contribution >= 0.6 is 0 Å². The minimum atomic E-state index is 0.526. The summed E-state index contributed by atoms with van der Waals surface area (Å²) in [5.41, 5.74) is 5.17. The number of nitrogens with two attached hydrogens (primary N) is 1. The average Bonchev–Trinajstić information content (AvgIpc) is 2.29. The Bertz CT molecular complexity index is 353. The number of benzene rings is 1. The van der Waals surface area contributed by atoms with Gasteiger partial charge in [-0.15, -0.1) is 0 Å². The van der Waals surface area contributed by atoms with Gasteiger partial charge in [0.05, 0.1) is 13.8 Å². The molecule has 0 aliphatic carbocycles. The summed E-state index contributed by atoms with van der Waals surface area (Å²) >= 11 is 0. The van der Waals surface area contributed by atoms with Crippen LogP contribution in [0.2, 0.25) is 0 Å². The minimum absolute atomic E-state index is 0.526. The molecule has 0 aliphatic heterocycles. The highest BCUT2D eigenvalue weighted by molar-refractivity contribution is 5.38. The van der Waals surface area contributed by atoms with Crippen molar-refractivity contribution in [3.05, 3.63) is 29.3 Å². The summed E-state index contributed by atoms with van der Waals surface area (Å²) in [7, 11) is 3.72. The SMILES string of the molecule is COc1ccc(C(C)C)cc1CN(C)CNN. The summed E-state index contributed by atoms with van der Waals surface area (Å²) in [4.78, 5) is 2.10. The maximum Gasteiger partial charge on any atom is 0.123 e. The summed E-state index contributed by atoms with van der Waals surface area (Å²) in [5.74, 6) is 6.76. The van der Waals surface area contributed by atoms with E-state index in [1.165, 1.54) is 11.1 Å². The van der Waals surface area contributed by atoms with Gasteiger partial charge in [0.2, 0.25) is 0 Å². The van der Waals surface area contributed by atoms with E-state index >= 15 is 0 Å². The second-order valence-corrected chi connectivity index (χ2v) is 4.60. The Morgan fingerprint density at radius 2 is 2.12 bits per heavy atom. The Kier molecular flexibility index (Phi) is 5.41. The molecule has 0 amide bonds. The molecule has 1 aromatic rings. The molecule has 0 saturated heterocycles. The molecule has 0 heterocycles. The molecule has 4 nitrogen and oxygen atoms in total. The first-order valence-electron chi connectivity index (χ1n) is 5.87. The first kappa shape index (κ1) is 14.0. The van der Waals surface area contributed by atoms with Gasteiger partial charge in [0.1, 0.15) is 5.75 Å². The van der Waals surface area contributed by atoms with Crippen molar-refractivity contribution < 1.29 is 4.74 Å². The predicted molar refractivity (Wildman–Crippen MR) is 70.7 cm³/mol. The summed E-state index contributed by atoms with van der Waals surface area (Å²) in [5, 5.41) is 0. The molecule has 0 bridgehead atoms. The third-order valence-electron chi connectivity index (χ3n) is 2.77. The number of nitrogens with zero attached hydrogens (tertiary/aromatic N) is 1.